The number of benzene rings is 8. The molecule has 0 spiro atoms. The Morgan fingerprint density at radius 1 is 0.322 bits per heavy atom. The van der Waals surface area contributed by atoms with Gasteiger partial charge in [0.05, 0.1) is 11.4 Å². The molecule has 0 amide bonds. The molecule has 2 nitrogen and oxygen atoms in total. The zero-order chi connectivity index (χ0) is 40.0. The fourth-order valence-electron chi connectivity index (χ4n) is 11.0. The predicted octanol–water partition coefficient (Wildman–Crippen LogP) is 15.5. The summed E-state index contributed by atoms with van der Waals surface area (Å²) in [5, 5.41) is 0. The van der Waals surface area contributed by atoms with Crippen LogP contribution in [0.3, 0.4) is 0 Å². The van der Waals surface area contributed by atoms with Crippen LogP contribution in [0.2, 0.25) is 0 Å². The number of fused-ring (bicyclic) bond motifs is 11. The molecule has 4 aliphatic rings. The van der Waals surface area contributed by atoms with Crippen LogP contribution in [0.1, 0.15) is 74.9 Å². The van der Waals surface area contributed by atoms with Crippen molar-refractivity contribution in [2.45, 2.75) is 57.8 Å². The van der Waals surface area contributed by atoms with Gasteiger partial charge in [0, 0.05) is 21.9 Å². The Balaban J connectivity index is 0.995. The number of anilines is 3. The second kappa shape index (κ2) is 11.7. The summed E-state index contributed by atoms with van der Waals surface area (Å²) in [5.74, 6) is 1.70. The molecule has 2 heteroatoms. The largest absolute Gasteiger partial charge is 0.453 e. The molecular weight excluding hydrogens is 715 g/mol. The van der Waals surface area contributed by atoms with Crippen LogP contribution in [-0.4, -0.2) is 0 Å². The predicted molar refractivity (Wildman–Crippen MR) is 245 cm³/mol. The van der Waals surface area contributed by atoms with Crippen molar-refractivity contribution in [1.29, 1.82) is 0 Å². The minimum absolute atomic E-state index is 0.0741. The molecule has 0 saturated carbocycles. The first-order valence-corrected chi connectivity index (χ1v) is 21.0. The number of rotatable bonds is 3. The third kappa shape index (κ3) is 4.69. The molecule has 12 rings (SSSR count). The van der Waals surface area contributed by atoms with Gasteiger partial charge in [-0.25, -0.2) is 0 Å². The second-order valence-corrected chi connectivity index (χ2v) is 18.6. The lowest BCUT2D eigenvalue weighted by Crippen LogP contribution is -2.18. The van der Waals surface area contributed by atoms with Crippen LogP contribution in [0.4, 0.5) is 17.1 Å². The van der Waals surface area contributed by atoms with Gasteiger partial charge in [0.15, 0.2) is 11.5 Å². The van der Waals surface area contributed by atoms with Crippen LogP contribution < -0.4 is 9.64 Å². The van der Waals surface area contributed by atoms with E-state index < -0.39 is 0 Å². The maximum Gasteiger partial charge on any atom is 0.152 e. The third-order valence-electron chi connectivity index (χ3n) is 14.3. The summed E-state index contributed by atoms with van der Waals surface area (Å²) >= 11 is 0. The number of nitrogens with zero attached hydrogens (tertiary/aromatic N) is 1. The Hall–Kier alpha value is -6.64. The average Bonchev–Trinajstić information content (AvgIpc) is 3.74. The van der Waals surface area contributed by atoms with Crippen molar-refractivity contribution >= 4 is 17.1 Å². The highest BCUT2D eigenvalue weighted by Crippen LogP contribution is 2.57. The van der Waals surface area contributed by atoms with E-state index in [-0.39, 0.29) is 16.2 Å². The normalized spacial score (nSPS) is 16.1. The standard InChI is InChI=1S/C57H45NO/c1-55(2)45-16-10-7-13-39(45)42-24-19-34(29-48(42)55)36-21-27-51-53(31-36)59-54-32-37(35-20-25-43-40-14-8-11-17-46(40)56(3,4)49(43)30-35)22-28-52(54)58(51)38-23-26-44-41-15-9-12-18-47(41)57(5,6)50(44)33-38/h7-33H,1-6H3. The van der Waals surface area contributed by atoms with Gasteiger partial charge >= 0.3 is 0 Å². The Labute approximate surface area is 347 Å². The summed E-state index contributed by atoms with van der Waals surface area (Å²) in [5.41, 5.74) is 23.8. The van der Waals surface area contributed by atoms with Crippen LogP contribution in [0, 0.1) is 0 Å². The maximum absolute atomic E-state index is 7.06. The minimum atomic E-state index is -0.115. The van der Waals surface area contributed by atoms with Crippen molar-refractivity contribution in [1.82, 2.24) is 0 Å². The van der Waals surface area contributed by atoms with E-state index in [1.807, 2.05) is 0 Å². The molecule has 8 aromatic carbocycles. The molecule has 0 saturated heterocycles. The molecule has 0 radical (unpaired) electrons. The average molecular weight is 760 g/mol. The van der Waals surface area contributed by atoms with Crippen molar-refractivity contribution < 1.29 is 4.74 Å². The highest BCUT2D eigenvalue weighted by molar-refractivity contribution is 5.93. The molecule has 59 heavy (non-hydrogen) atoms. The zero-order valence-corrected chi connectivity index (χ0v) is 34.4. The van der Waals surface area contributed by atoms with Crippen LogP contribution in [-0.2, 0) is 16.2 Å². The minimum Gasteiger partial charge on any atom is -0.453 e. The van der Waals surface area contributed by atoms with Crippen molar-refractivity contribution in [2.24, 2.45) is 0 Å². The van der Waals surface area contributed by atoms with E-state index in [0.29, 0.717) is 0 Å². The van der Waals surface area contributed by atoms with Gasteiger partial charge in [-0.05, 0) is 138 Å². The highest BCUT2D eigenvalue weighted by Gasteiger charge is 2.39. The van der Waals surface area contributed by atoms with E-state index in [4.69, 9.17) is 4.74 Å². The van der Waals surface area contributed by atoms with E-state index in [0.717, 1.165) is 39.7 Å². The molecule has 0 atom stereocenters. The van der Waals surface area contributed by atoms with E-state index in [1.165, 1.54) is 77.9 Å². The van der Waals surface area contributed by atoms with Crippen LogP contribution in [0.25, 0.3) is 55.6 Å². The van der Waals surface area contributed by atoms with Crippen molar-refractivity contribution in [2.75, 3.05) is 4.90 Å². The molecule has 1 heterocycles. The lowest BCUT2D eigenvalue weighted by molar-refractivity contribution is 0.477. The number of hydrogen-bond donors (Lipinski definition) is 0. The van der Waals surface area contributed by atoms with Gasteiger partial charge in [-0.3, -0.25) is 0 Å². The van der Waals surface area contributed by atoms with E-state index in [9.17, 15) is 0 Å². The maximum atomic E-state index is 7.06. The number of hydrogen-bond acceptors (Lipinski definition) is 2. The highest BCUT2D eigenvalue weighted by atomic mass is 16.5. The Morgan fingerprint density at radius 3 is 1.10 bits per heavy atom. The van der Waals surface area contributed by atoms with Gasteiger partial charge in [-0.2, -0.15) is 0 Å². The number of ether oxygens (including phenoxy) is 1. The van der Waals surface area contributed by atoms with E-state index in [1.54, 1.807) is 0 Å². The topological polar surface area (TPSA) is 12.5 Å². The Bertz CT molecular complexity index is 2970. The van der Waals surface area contributed by atoms with Gasteiger partial charge in [0.1, 0.15) is 0 Å². The molecule has 0 N–H and O–H groups in total. The lowest BCUT2D eigenvalue weighted by Gasteiger charge is -2.34. The summed E-state index contributed by atoms with van der Waals surface area (Å²) in [7, 11) is 0. The van der Waals surface area contributed by atoms with Gasteiger partial charge in [0.25, 0.3) is 0 Å². The first kappa shape index (κ1) is 34.4. The van der Waals surface area contributed by atoms with Gasteiger partial charge < -0.3 is 9.64 Å². The first-order valence-electron chi connectivity index (χ1n) is 21.0. The molecule has 0 unspecified atom stereocenters. The van der Waals surface area contributed by atoms with Gasteiger partial charge in [0.2, 0.25) is 0 Å². The second-order valence-electron chi connectivity index (χ2n) is 18.6. The van der Waals surface area contributed by atoms with Gasteiger partial charge in [-0.15, -0.1) is 0 Å². The lowest BCUT2D eigenvalue weighted by atomic mass is 9.81. The van der Waals surface area contributed by atoms with E-state index in [2.05, 4.69) is 210 Å². The molecular formula is C57H45NO. The summed E-state index contributed by atoms with van der Waals surface area (Å²) in [6, 6.07) is 61.1. The summed E-state index contributed by atoms with van der Waals surface area (Å²) in [6.07, 6.45) is 0. The molecule has 284 valence electrons. The molecule has 0 bridgehead atoms. The van der Waals surface area contributed by atoms with Crippen LogP contribution in [0.5, 0.6) is 11.5 Å². The quantitative estimate of drug-likeness (QED) is 0.178. The fraction of sp³-hybridized carbons (Fsp3) is 0.158. The zero-order valence-electron chi connectivity index (χ0n) is 34.4. The molecule has 3 aliphatic carbocycles. The fourth-order valence-corrected chi connectivity index (χ4v) is 11.0. The molecule has 1 aliphatic heterocycles. The van der Waals surface area contributed by atoms with Crippen molar-refractivity contribution in [3.63, 3.8) is 0 Å². The van der Waals surface area contributed by atoms with Crippen LogP contribution >= 0.6 is 0 Å². The third-order valence-corrected chi connectivity index (χ3v) is 14.3. The molecule has 0 fully saturated rings. The summed E-state index contributed by atoms with van der Waals surface area (Å²) < 4.78 is 7.06. The monoisotopic (exact) mass is 759 g/mol. The van der Waals surface area contributed by atoms with Crippen molar-refractivity contribution in [3.05, 3.63) is 197 Å². The van der Waals surface area contributed by atoms with E-state index >= 15 is 0 Å². The first-order chi connectivity index (χ1) is 28.5. The van der Waals surface area contributed by atoms with Crippen molar-refractivity contribution in [3.8, 4) is 67.1 Å². The Kier molecular flexibility index (Phi) is 6.84. The summed E-state index contributed by atoms with van der Waals surface area (Å²) in [4.78, 5) is 2.41. The smallest absolute Gasteiger partial charge is 0.152 e. The Morgan fingerprint density at radius 2 is 0.661 bits per heavy atom. The molecule has 0 aromatic heterocycles. The summed E-state index contributed by atoms with van der Waals surface area (Å²) in [6.45, 7) is 14.1. The molecule has 8 aromatic rings. The van der Waals surface area contributed by atoms with Crippen LogP contribution in [0.15, 0.2) is 164 Å². The SMILES string of the molecule is CC1(C)c2ccccc2-c2ccc(-c3ccc4c(c3)Oc3cc(-c5ccc6c(c5)C(C)(C)c5ccccc5-6)ccc3N4c3ccc4c(c3)C(C)(C)c3ccccc3-4)cc21. The van der Waals surface area contributed by atoms with Gasteiger partial charge in [-0.1, -0.05) is 157 Å².